The van der Waals surface area contributed by atoms with Crippen LogP contribution in [-0.2, 0) is 0 Å². The van der Waals surface area contributed by atoms with Crippen molar-refractivity contribution in [1.29, 1.82) is 0 Å². The molecule has 1 nitrogen and oxygen atoms in total. The van der Waals surface area contributed by atoms with Crippen molar-refractivity contribution in [3.63, 3.8) is 0 Å². The first kappa shape index (κ1) is 10.4. The van der Waals surface area contributed by atoms with Crippen molar-refractivity contribution in [2.75, 3.05) is 0 Å². The Hall–Kier alpha value is -0.660. The number of hydrogen-bond donors (Lipinski definition) is 0. The van der Waals surface area contributed by atoms with Gasteiger partial charge in [-0.1, -0.05) is 38.8 Å². The fourth-order valence-corrected chi connectivity index (χ4v) is 1.52. The van der Waals surface area contributed by atoms with Gasteiger partial charge in [0.15, 0.2) is 5.97 Å². The zero-order chi connectivity index (χ0) is 9.68. The summed E-state index contributed by atoms with van der Waals surface area (Å²) < 4.78 is 13.2. The fourth-order valence-electron chi connectivity index (χ4n) is 1.52. The van der Waals surface area contributed by atoms with E-state index in [2.05, 4.69) is 11.9 Å². The van der Waals surface area contributed by atoms with Crippen LogP contribution in [0.25, 0.3) is 0 Å². The number of rotatable bonds is 4. The monoisotopic (exact) mass is 183 g/mol. The Morgan fingerprint density at radius 2 is 2.15 bits per heavy atom. The van der Waals surface area contributed by atoms with Crippen molar-refractivity contribution in [2.24, 2.45) is 10.9 Å². The number of dihydropyridines is 1. The third-order valence-corrected chi connectivity index (χ3v) is 2.45. The van der Waals surface area contributed by atoms with Crippen LogP contribution in [0.3, 0.4) is 0 Å². The van der Waals surface area contributed by atoms with Gasteiger partial charge in [-0.2, -0.15) is 4.39 Å². The summed E-state index contributed by atoms with van der Waals surface area (Å²) in [6, 6.07) is 0.0998. The van der Waals surface area contributed by atoms with Crippen molar-refractivity contribution < 1.29 is 4.39 Å². The third-order valence-electron chi connectivity index (χ3n) is 2.45. The number of halogens is 1. The second-order valence-electron chi connectivity index (χ2n) is 3.56. The topological polar surface area (TPSA) is 12.4 Å². The molecule has 2 heteroatoms. The SMILES string of the molecule is CCCCC1C=CC(CC)C(F)=N1. The Balaban J connectivity index is 2.46. The number of nitrogens with zero attached hydrogens (tertiary/aromatic N) is 1. The molecule has 1 heterocycles. The predicted molar refractivity (Wildman–Crippen MR) is 54.8 cm³/mol. The van der Waals surface area contributed by atoms with E-state index in [0.717, 1.165) is 25.7 Å². The molecule has 2 unspecified atom stereocenters. The van der Waals surface area contributed by atoms with E-state index in [1.54, 1.807) is 0 Å². The highest BCUT2D eigenvalue weighted by molar-refractivity contribution is 5.80. The molecule has 0 aromatic heterocycles. The van der Waals surface area contributed by atoms with Crippen molar-refractivity contribution in [1.82, 2.24) is 0 Å². The average molecular weight is 183 g/mol. The van der Waals surface area contributed by atoms with Crippen LogP contribution >= 0.6 is 0 Å². The molecule has 1 aliphatic heterocycles. The number of unbranched alkanes of at least 4 members (excludes halogenated alkanes) is 1. The highest BCUT2D eigenvalue weighted by Gasteiger charge is 2.17. The summed E-state index contributed by atoms with van der Waals surface area (Å²) in [5, 5.41) is 0. The van der Waals surface area contributed by atoms with Gasteiger partial charge in [0, 0.05) is 5.92 Å². The van der Waals surface area contributed by atoms with Gasteiger partial charge in [0.2, 0.25) is 0 Å². The maximum atomic E-state index is 13.2. The standard InChI is InChI=1S/C11H18FN/c1-3-5-6-10-8-7-9(4-2)11(12)13-10/h7-10H,3-6H2,1-2H3. The normalized spacial score (nSPS) is 27.5. The summed E-state index contributed by atoms with van der Waals surface area (Å²) in [6.45, 7) is 4.12. The third kappa shape index (κ3) is 2.94. The minimum absolute atomic E-state index is 0.0575. The maximum absolute atomic E-state index is 13.2. The summed E-state index contributed by atoms with van der Waals surface area (Å²) in [5.74, 6) is -0.232. The highest BCUT2D eigenvalue weighted by atomic mass is 19.1. The van der Waals surface area contributed by atoms with E-state index in [9.17, 15) is 4.39 Å². The number of hydrogen-bond acceptors (Lipinski definition) is 1. The molecule has 1 aliphatic rings. The van der Waals surface area contributed by atoms with Crippen LogP contribution in [0.15, 0.2) is 17.1 Å². The quantitative estimate of drug-likeness (QED) is 0.591. The van der Waals surface area contributed by atoms with Crippen molar-refractivity contribution in [3.8, 4) is 0 Å². The first-order valence-corrected chi connectivity index (χ1v) is 5.19. The fraction of sp³-hybridized carbons (Fsp3) is 0.727. The van der Waals surface area contributed by atoms with Gasteiger partial charge in [0.05, 0.1) is 6.04 Å². The molecule has 0 bridgehead atoms. The van der Waals surface area contributed by atoms with Crippen LogP contribution in [0.1, 0.15) is 39.5 Å². The average Bonchev–Trinajstić information content (AvgIpc) is 2.15. The molecule has 0 spiro atoms. The van der Waals surface area contributed by atoms with E-state index in [0.29, 0.717) is 0 Å². The van der Waals surface area contributed by atoms with Gasteiger partial charge in [0.1, 0.15) is 0 Å². The molecule has 1 rings (SSSR count). The van der Waals surface area contributed by atoms with E-state index in [-0.39, 0.29) is 17.9 Å². The zero-order valence-electron chi connectivity index (χ0n) is 8.46. The summed E-state index contributed by atoms with van der Waals surface area (Å²) in [5.41, 5.74) is 0. The summed E-state index contributed by atoms with van der Waals surface area (Å²) >= 11 is 0. The van der Waals surface area contributed by atoms with Crippen LogP contribution in [0.5, 0.6) is 0 Å². The lowest BCUT2D eigenvalue weighted by atomic mass is 10.00. The minimum atomic E-state index is -0.175. The number of aliphatic imine (C=N–C) groups is 1. The summed E-state index contributed by atoms with van der Waals surface area (Å²) in [6.07, 6.45) is 8.08. The molecule has 0 amide bonds. The lowest BCUT2D eigenvalue weighted by Crippen LogP contribution is -2.16. The highest BCUT2D eigenvalue weighted by Crippen LogP contribution is 2.19. The van der Waals surface area contributed by atoms with E-state index in [1.165, 1.54) is 0 Å². The molecular formula is C11H18FN. The molecule has 0 aromatic rings. The van der Waals surface area contributed by atoms with Gasteiger partial charge in [-0.3, -0.25) is 4.99 Å². The van der Waals surface area contributed by atoms with Gasteiger partial charge in [-0.15, -0.1) is 0 Å². The molecule has 74 valence electrons. The van der Waals surface area contributed by atoms with Crippen molar-refractivity contribution in [2.45, 2.75) is 45.6 Å². The van der Waals surface area contributed by atoms with Gasteiger partial charge >= 0.3 is 0 Å². The van der Waals surface area contributed by atoms with Crippen molar-refractivity contribution >= 4 is 5.97 Å². The van der Waals surface area contributed by atoms with Gasteiger partial charge in [-0.25, -0.2) is 0 Å². The van der Waals surface area contributed by atoms with E-state index in [4.69, 9.17) is 0 Å². The molecule has 0 radical (unpaired) electrons. The Morgan fingerprint density at radius 3 is 2.69 bits per heavy atom. The molecular weight excluding hydrogens is 165 g/mol. The van der Waals surface area contributed by atoms with E-state index >= 15 is 0 Å². The van der Waals surface area contributed by atoms with Gasteiger partial charge < -0.3 is 0 Å². The first-order chi connectivity index (χ1) is 6.27. The minimum Gasteiger partial charge on any atom is -0.254 e. The lowest BCUT2D eigenvalue weighted by Gasteiger charge is -2.16. The molecule has 0 saturated carbocycles. The lowest BCUT2D eigenvalue weighted by molar-refractivity contribution is 0.593. The molecule has 13 heavy (non-hydrogen) atoms. The zero-order valence-corrected chi connectivity index (χ0v) is 8.46. The predicted octanol–water partition coefficient (Wildman–Crippen LogP) is 3.51. The molecule has 0 saturated heterocycles. The Bertz CT molecular complexity index is 208. The first-order valence-electron chi connectivity index (χ1n) is 5.19. The van der Waals surface area contributed by atoms with Crippen LogP contribution in [0.2, 0.25) is 0 Å². The Kier molecular flexibility index (Phi) is 4.13. The van der Waals surface area contributed by atoms with E-state index < -0.39 is 0 Å². The molecule has 0 aromatic carbocycles. The Labute approximate surface area is 79.8 Å². The van der Waals surface area contributed by atoms with E-state index in [1.807, 2.05) is 19.1 Å². The summed E-state index contributed by atoms with van der Waals surface area (Å²) in [7, 11) is 0. The van der Waals surface area contributed by atoms with Crippen molar-refractivity contribution in [3.05, 3.63) is 12.2 Å². The Morgan fingerprint density at radius 1 is 1.38 bits per heavy atom. The second-order valence-corrected chi connectivity index (χ2v) is 3.56. The molecule has 0 fully saturated rings. The van der Waals surface area contributed by atoms with Crippen LogP contribution in [0, 0.1) is 5.92 Å². The largest absolute Gasteiger partial charge is 0.254 e. The van der Waals surface area contributed by atoms with Crippen LogP contribution in [0.4, 0.5) is 4.39 Å². The van der Waals surface area contributed by atoms with Gasteiger partial charge in [-0.05, 0) is 12.8 Å². The molecule has 0 N–H and O–H groups in total. The van der Waals surface area contributed by atoms with Gasteiger partial charge in [0.25, 0.3) is 0 Å². The molecule has 0 aliphatic carbocycles. The van der Waals surface area contributed by atoms with Crippen LogP contribution in [-0.4, -0.2) is 12.0 Å². The maximum Gasteiger partial charge on any atom is 0.191 e. The smallest absolute Gasteiger partial charge is 0.191 e. The van der Waals surface area contributed by atoms with Crippen LogP contribution < -0.4 is 0 Å². The molecule has 2 atom stereocenters. The summed E-state index contributed by atoms with van der Waals surface area (Å²) in [4.78, 5) is 4.04. The second kappa shape index (κ2) is 5.15. The number of allylic oxidation sites excluding steroid dienone is 1.